The highest BCUT2D eigenvalue weighted by Gasteiger charge is 2.02. The van der Waals surface area contributed by atoms with E-state index in [4.69, 9.17) is 35.2 Å². The van der Waals surface area contributed by atoms with Gasteiger partial charge in [-0.25, -0.2) is 9.59 Å². The maximum absolute atomic E-state index is 11.0. The molecule has 4 N–H and O–H groups in total. The summed E-state index contributed by atoms with van der Waals surface area (Å²) in [5.41, 5.74) is 2.20. The molecule has 0 aliphatic heterocycles. The van der Waals surface area contributed by atoms with Crippen LogP contribution in [0.15, 0.2) is 72.8 Å². The summed E-state index contributed by atoms with van der Waals surface area (Å²) in [6, 6.07) is 14.2. The number of ether oxygens (including phenoxy) is 3. The molecule has 0 unspecified atom stereocenters. The van der Waals surface area contributed by atoms with Gasteiger partial charge in [0, 0.05) is 23.6 Å². The molecule has 0 radical (unpaired) electrons. The van der Waals surface area contributed by atoms with Crippen molar-refractivity contribution in [3.8, 4) is 11.5 Å². The molecule has 0 saturated heterocycles. The lowest BCUT2D eigenvalue weighted by Crippen LogP contribution is -2.12. The van der Waals surface area contributed by atoms with Gasteiger partial charge in [0.1, 0.15) is 31.3 Å². The van der Waals surface area contributed by atoms with Gasteiger partial charge in [-0.15, -0.1) is 0 Å². The van der Waals surface area contributed by atoms with E-state index in [1.807, 2.05) is 0 Å². The normalized spacial score (nSPS) is 8.18. The molecule has 0 aromatic heterocycles. The Labute approximate surface area is 234 Å². The fraction of sp³-hybridized carbons (Fsp3) is 0.333. The van der Waals surface area contributed by atoms with Gasteiger partial charge in [-0.3, -0.25) is 0 Å². The van der Waals surface area contributed by atoms with E-state index in [0.29, 0.717) is 24.5 Å². The fourth-order valence-corrected chi connectivity index (χ4v) is 1.90. The Kier molecular flexibility index (Phi) is 30.8. The average Bonchev–Trinajstić information content (AvgIpc) is 2.86. The third-order valence-electron chi connectivity index (χ3n) is 3.75. The summed E-state index contributed by atoms with van der Waals surface area (Å²) in [7, 11) is 0. The summed E-state index contributed by atoms with van der Waals surface area (Å²) >= 11 is 0. The molecule has 0 fully saturated rings. The lowest BCUT2D eigenvalue weighted by molar-refractivity contribution is -0.139. The first-order chi connectivity index (χ1) is 16.6. The monoisotopic (exact) mass is 548 g/mol. The van der Waals surface area contributed by atoms with E-state index in [9.17, 15) is 9.59 Å². The number of carboxylic acid groups (broad SMARTS) is 1. The smallest absolute Gasteiger partial charge is 0.333 e. The zero-order valence-corrected chi connectivity index (χ0v) is 20.0. The van der Waals surface area contributed by atoms with Crippen molar-refractivity contribution in [2.75, 3.05) is 26.4 Å². The third-order valence-corrected chi connectivity index (χ3v) is 3.75. The average molecular weight is 549 g/mol. The molecule has 0 amide bonds. The molecule has 0 heterocycles. The summed E-state index contributed by atoms with van der Waals surface area (Å²) in [6.45, 7) is 10.5. The largest absolute Gasteiger partial charge is 0.491 e. The van der Waals surface area contributed by atoms with Crippen LogP contribution in [0.4, 0.5) is 0 Å². The number of benzene rings is 2. The van der Waals surface area contributed by atoms with Crippen LogP contribution in [0.5, 0.6) is 11.5 Å². The van der Waals surface area contributed by atoms with Crippen LogP contribution in [0, 0.1) is 10.8 Å². The minimum Gasteiger partial charge on any atom is -0.491 e. The van der Waals surface area contributed by atoms with Crippen LogP contribution in [-0.2, 0) is 14.3 Å². The molecule has 2 aromatic rings. The van der Waals surface area contributed by atoms with Crippen LogP contribution in [0.2, 0.25) is 0 Å². The Hall–Kier alpha value is -4.24. The number of carbonyl (C=O) groups is 2. The number of aliphatic hydroxyl groups is 1. The molecule has 0 bridgehead atoms. The van der Waals surface area contributed by atoms with Crippen LogP contribution >= 0.6 is 0 Å². The Morgan fingerprint density at radius 1 is 0.744 bits per heavy atom. The number of aliphatic carboxylic acids is 1. The molecule has 0 atom stereocenters. The second-order valence-electron chi connectivity index (χ2n) is 6.85. The Balaban J connectivity index is -0.000000155. The van der Waals surface area contributed by atoms with E-state index in [1.54, 1.807) is 55.5 Å². The maximum Gasteiger partial charge on any atom is 0.333 e. The molecule has 0 saturated carbocycles. The predicted molar refractivity (Wildman–Crippen MR) is 162 cm³/mol. The van der Waals surface area contributed by atoms with Gasteiger partial charge in [-0.1, -0.05) is 42.9 Å². The summed E-state index contributed by atoms with van der Waals surface area (Å²) < 4.78 is 15.4. The van der Waals surface area contributed by atoms with Crippen molar-refractivity contribution in [2.45, 2.75) is 43.6 Å². The number of nitrogens with one attached hydrogen (secondary N) is 2. The first-order valence-electron chi connectivity index (χ1n) is 10.4. The van der Waals surface area contributed by atoms with Gasteiger partial charge in [0.2, 0.25) is 0 Å². The Morgan fingerprint density at radius 2 is 1.10 bits per heavy atom. The summed E-state index contributed by atoms with van der Waals surface area (Å²) in [4.78, 5) is 20.6. The van der Waals surface area contributed by atoms with E-state index in [2.05, 4.69) is 13.2 Å². The van der Waals surface area contributed by atoms with E-state index in [1.165, 1.54) is 19.4 Å². The zero-order chi connectivity index (χ0) is 26.6. The highest BCUT2D eigenvalue weighted by Crippen LogP contribution is 2.11. The van der Waals surface area contributed by atoms with Gasteiger partial charge in [-0.05, 0) is 73.5 Å². The van der Waals surface area contributed by atoms with Crippen LogP contribution in [0.25, 0.3) is 0 Å². The maximum atomic E-state index is 11.0. The highest BCUT2D eigenvalue weighted by atomic mass is 16.6. The van der Waals surface area contributed by atoms with Gasteiger partial charge < -0.3 is 35.2 Å². The molecule has 2 rings (SSSR count). The third kappa shape index (κ3) is 22.7. The highest BCUT2D eigenvalue weighted by molar-refractivity contribution is 5.87. The van der Waals surface area contributed by atoms with Crippen LogP contribution in [-0.4, -0.2) is 61.0 Å². The second-order valence-corrected chi connectivity index (χ2v) is 6.85. The van der Waals surface area contributed by atoms with Crippen molar-refractivity contribution in [2.24, 2.45) is 0 Å². The SMILES string of the molecule is C.C.C.C.C=C(C)C(=O)O.C=C(C)C(=O)OCCOc1ccc(C=N)cc1.N=Cc1ccc(OCCO)cc1. The van der Waals surface area contributed by atoms with E-state index < -0.39 is 11.9 Å². The molecule has 220 valence electrons. The van der Waals surface area contributed by atoms with Crippen LogP contribution < -0.4 is 9.47 Å². The van der Waals surface area contributed by atoms with Crippen molar-refractivity contribution in [3.05, 3.63) is 84.0 Å². The summed E-state index contributed by atoms with van der Waals surface area (Å²) in [5, 5.41) is 30.3. The number of esters is 1. The van der Waals surface area contributed by atoms with Crippen LogP contribution in [0.1, 0.15) is 54.7 Å². The minimum absolute atomic E-state index is 0. The molecule has 2 aromatic carbocycles. The Bertz CT molecular complexity index is 958. The van der Waals surface area contributed by atoms with Gasteiger partial charge >= 0.3 is 11.9 Å². The van der Waals surface area contributed by atoms with Crippen molar-refractivity contribution < 1.29 is 34.0 Å². The van der Waals surface area contributed by atoms with E-state index in [-0.39, 0.29) is 48.5 Å². The Morgan fingerprint density at radius 3 is 1.38 bits per heavy atom. The van der Waals surface area contributed by atoms with Crippen molar-refractivity contribution in [3.63, 3.8) is 0 Å². The van der Waals surface area contributed by atoms with Gasteiger partial charge in [0.15, 0.2) is 0 Å². The molecule has 0 aliphatic rings. The lowest BCUT2D eigenvalue weighted by Gasteiger charge is -2.07. The number of hydrogen-bond donors (Lipinski definition) is 4. The molecule has 0 spiro atoms. The molecule has 9 heteroatoms. The lowest BCUT2D eigenvalue weighted by atomic mass is 10.2. The molecule has 0 aliphatic carbocycles. The van der Waals surface area contributed by atoms with Gasteiger partial charge in [0.25, 0.3) is 0 Å². The van der Waals surface area contributed by atoms with Crippen molar-refractivity contribution >= 4 is 24.4 Å². The van der Waals surface area contributed by atoms with Crippen molar-refractivity contribution in [1.29, 1.82) is 10.8 Å². The predicted octanol–water partition coefficient (Wildman–Crippen LogP) is 6.43. The number of hydrogen-bond acceptors (Lipinski definition) is 8. The van der Waals surface area contributed by atoms with E-state index in [0.717, 1.165) is 16.9 Å². The summed E-state index contributed by atoms with van der Waals surface area (Å²) in [5.74, 6) is 0.0550. The zero-order valence-electron chi connectivity index (χ0n) is 20.0. The van der Waals surface area contributed by atoms with E-state index >= 15 is 0 Å². The fourth-order valence-electron chi connectivity index (χ4n) is 1.90. The summed E-state index contributed by atoms with van der Waals surface area (Å²) in [6.07, 6.45) is 2.54. The van der Waals surface area contributed by atoms with Gasteiger partial charge in [-0.2, -0.15) is 0 Å². The first kappa shape index (κ1) is 44.7. The van der Waals surface area contributed by atoms with Gasteiger partial charge in [0.05, 0.1) is 6.61 Å². The van der Waals surface area contributed by atoms with Crippen molar-refractivity contribution in [1.82, 2.24) is 0 Å². The molecular weight excluding hydrogens is 500 g/mol. The number of aliphatic hydroxyl groups excluding tert-OH is 1. The number of carboxylic acids is 1. The molecular formula is C30H48N2O7. The molecule has 39 heavy (non-hydrogen) atoms. The minimum atomic E-state index is -0.935. The van der Waals surface area contributed by atoms with Crippen LogP contribution in [0.3, 0.4) is 0 Å². The second kappa shape index (κ2) is 26.8. The first-order valence-corrected chi connectivity index (χ1v) is 10.4. The number of rotatable bonds is 11. The standard InChI is InChI=1S/C13H15NO3.C9H11NO2.C4H6O2.4CH4/c1-10(2)13(15)17-8-7-16-12-5-3-11(9-14)4-6-12;10-7-8-1-3-9(4-2-8)12-6-5-11;1-3(2)4(5)6;;;;/h3-6,9,14H,1,7-8H2,2H3;1-4,7,10-11H,5-6H2;1H2,2H3,(H,5,6);4*1H4. The quantitative estimate of drug-likeness (QED) is 0.109. The number of carbonyl (C=O) groups excluding carboxylic acids is 1. The molecule has 9 nitrogen and oxygen atoms in total. The topological polar surface area (TPSA) is 150 Å².